The zero-order valence-electron chi connectivity index (χ0n) is 15.2. The normalized spacial score (nSPS) is 12.4. The SMILES string of the molecule is CCn1c2ccccc2c2cc(NC(=O)[C@H](C)Sc3ncccn3)ccc21. The largest absolute Gasteiger partial charge is 0.341 e. The Hall–Kier alpha value is -2.86. The Morgan fingerprint density at radius 2 is 1.81 bits per heavy atom. The second kappa shape index (κ2) is 7.40. The van der Waals surface area contributed by atoms with Crippen molar-refractivity contribution in [2.75, 3.05) is 5.32 Å². The summed E-state index contributed by atoms with van der Waals surface area (Å²) in [5.41, 5.74) is 3.19. The first-order valence-corrected chi connectivity index (χ1v) is 9.81. The van der Waals surface area contributed by atoms with E-state index in [1.54, 1.807) is 18.5 Å². The lowest BCUT2D eigenvalue weighted by atomic mass is 10.1. The number of aromatic nitrogens is 3. The van der Waals surface area contributed by atoms with Crippen LogP contribution in [0.2, 0.25) is 0 Å². The molecule has 0 aliphatic carbocycles. The van der Waals surface area contributed by atoms with Gasteiger partial charge >= 0.3 is 0 Å². The number of fused-ring (bicyclic) bond motifs is 3. The summed E-state index contributed by atoms with van der Waals surface area (Å²) in [7, 11) is 0. The average Bonchev–Trinajstić information content (AvgIpc) is 3.02. The third kappa shape index (κ3) is 3.40. The molecule has 1 amide bonds. The summed E-state index contributed by atoms with van der Waals surface area (Å²) in [5.74, 6) is -0.0639. The molecule has 0 saturated carbocycles. The predicted octanol–water partition coefficient (Wildman–Crippen LogP) is 4.72. The maximum Gasteiger partial charge on any atom is 0.237 e. The molecule has 136 valence electrons. The topological polar surface area (TPSA) is 59.8 Å². The molecule has 6 heteroatoms. The van der Waals surface area contributed by atoms with Crippen molar-refractivity contribution >= 4 is 45.2 Å². The lowest BCUT2D eigenvalue weighted by Crippen LogP contribution is -2.22. The van der Waals surface area contributed by atoms with E-state index in [2.05, 4.69) is 57.1 Å². The molecular weight excluding hydrogens is 356 g/mol. The van der Waals surface area contributed by atoms with Gasteiger partial charge in [0.05, 0.1) is 5.25 Å². The number of benzene rings is 2. The minimum Gasteiger partial charge on any atom is -0.341 e. The van der Waals surface area contributed by atoms with Gasteiger partial charge in [-0.25, -0.2) is 9.97 Å². The third-order valence-electron chi connectivity index (χ3n) is 4.55. The molecule has 4 rings (SSSR count). The molecule has 0 spiro atoms. The highest BCUT2D eigenvalue weighted by Gasteiger charge is 2.17. The van der Waals surface area contributed by atoms with Crippen molar-refractivity contribution in [2.45, 2.75) is 30.8 Å². The zero-order valence-corrected chi connectivity index (χ0v) is 16.0. The minimum absolute atomic E-state index is 0.0639. The van der Waals surface area contributed by atoms with Crippen molar-refractivity contribution in [3.63, 3.8) is 0 Å². The Labute approximate surface area is 161 Å². The number of carbonyl (C=O) groups excluding carboxylic acids is 1. The third-order valence-corrected chi connectivity index (χ3v) is 5.54. The molecule has 5 nitrogen and oxygen atoms in total. The van der Waals surface area contributed by atoms with Crippen LogP contribution in [0.25, 0.3) is 21.8 Å². The minimum atomic E-state index is -0.292. The van der Waals surface area contributed by atoms with Gasteiger partial charge in [0.25, 0.3) is 0 Å². The number of amides is 1. The quantitative estimate of drug-likeness (QED) is 0.404. The maximum absolute atomic E-state index is 12.6. The fourth-order valence-electron chi connectivity index (χ4n) is 3.27. The molecule has 2 aromatic heterocycles. The molecule has 1 atom stereocenters. The van der Waals surface area contributed by atoms with Crippen molar-refractivity contribution in [2.24, 2.45) is 0 Å². The van der Waals surface area contributed by atoms with E-state index in [-0.39, 0.29) is 11.2 Å². The van der Waals surface area contributed by atoms with Crippen molar-refractivity contribution in [3.05, 3.63) is 60.9 Å². The fourth-order valence-corrected chi connectivity index (χ4v) is 4.00. The Morgan fingerprint density at radius 1 is 1.07 bits per heavy atom. The highest BCUT2D eigenvalue weighted by molar-refractivity contribution is 8.00. The van der Waals surface area contributed by atoms with Crippen molar-refractivity contribution in [1.82, 2.24) is 14.5 Å². The highest BCUT2D eigenvalue weighted by atomic mass is 32.2. The van der Waals surface area contributed by atoms with Gasteiger partial charge < -0.3 is 9.88 Å². The fraction of sp³-hybridized carbons (Fsp3) is 0.190. The van der Waals surface area contributed by atoms with Crippen molar-refractivity contribution in [1.29, 1.82) is 0 Å². The van der Waals surface area contributed by atoms with E-state index >= 15 is 0 Å². The molecule has 1 N–H and O–H groups in total. The molecule has 0 saturated heterocycles. The number of aryl methyl sites for hydroxylation is 1. The first kappa shape index (κ1) is 17.5. The van der Waals surface area contributed by atoms with E-state index in [1.807, 2.05) is 19.1 Å². The van der Waals surface area contributed by atoms with Crippen LogP contribution in [0.3, 0.4) is 0 Å². The first-order chi connectivity index (χ1) is 13.2. The van der Waals surface area contributed by atoms with Gasteiger partial charge in [-0.1, -0.05) is 30.0 Å². The van der Waals surface area contributed by atoms with E-state index < -0.39 is 0 Å². The average molecular weight is 376 g/mol. The van der Waals surface area contributed by atoms with Gasteiger partial charge in [0, 0.05) is 46.4 Å². The molecule has 0 aliphatic rings. The second-order valence-corrected chi connectivity index (χ2v) is 7.58. The number of carbonyl (C=O) groups is 1. The number of nitrogens with one attached hydrogen (secondary N) is 1. The van der Waals surface area contributed by atoms with Crippen LogP contribution in [-0.4, -0.2) is 25.7 Å². The van der Waals surface area contributed by atoms with Gasteiger partial charge in [-0.3, -0.25) is 4.79 Å². The molecule has 27 heavy (non-hydrogen) atoms. The van der Waals surface area contributed by atoms with Crippen LogP contribution in [0.4, 0.5) is 5.69 Å². The Balaban J connectivity index is 1.61. The summed E-state index contributed by atoms with van der Waals surface area (Å²) < 4.78 is 2.29. The molecular formula is C21H20N4OS. The van der Waals surface area contributed by atoms with Crippen LogP contribution in [-0.2, 0) is 11.3 Å². The van der Waals surface area contributed by atoms with Crippen molar-refractivity contribution in [3.8, 4) is 0 Å². The van der Waals surface area contributed by atoms with Crippen LogP contribution in [0.5, 0.6) is 0 Å². The smallest absolute Gasteiger partial charge is 0.237 e. The Kier molecular flexibility index (Phi) is 4.81. The van der Waals surface area contributed by atoms with Crippen molar-refractivity contribution < 1.29 is 4.79 Å². The van der Waals surface area contributed by atoms with Gasteiger partial charge in [0.2, 0.25) is 5.91 Å². The molecule has 0 unspecified atom stereocenters. The van der Waals surface area contributed by atoms with E-state index in [0.717, 1.165) is 17.6 Å². The van der Waals surface area contributed by atoms with Crippen LogP contribution in [0.1, 0.15) is 13.8 Å². The molecule has 0 aliphatic heterocycles. The standard InChI is InChI=1S/C21H20N4OS/c1-3-25-18-8-5-4-7-16(18)17-13-15(9-10-19(17)25)24-20(26)14(2)27-21-22-11-6-12-23-21/h4-14H,3H2,1-2H3,(H,24,26)/t14-/m0/s1. The summed E-state index contributed by atoms with van der Waals surface area (Å²) in [5, 5.41) is 5.68. The summed E-state index contributed by atoms with van der Waals surface area (Å²) in [6.45, 7) is 4.91. The molecule has 2 aromatic carbocycles. The van der Waals surface area contributed by atoms with Gasteiger partial charge in [-0.05, 0) is 44.2 Å². The van der Waals surface area contributed by atoms with E-state index in [1.165, 1.54) is 28.2 Å². The number of anilines is 1. The summed E-state index contributed by atoms with van der Waals surface area (Å²) in [4.78, 5) is 20.9. The Morgan fingerprint density at radius 3 is 2.59 bits per heavy atom. The summed E-state index contributed by atoms with van der Waals surface area (Å²) in [6, 6.07) is 16.2. The first-order valence-electron chi connectivity index (χ1n) is 8.93. The zero-order chi connectivity index (χ0) is 18.8. The van der Waals surface area contributed by atoms with Crippen LogP contribution >= 0.6 is 11.8 Å². The van der Waals surface area contributed by atoms with E-state index in [4.69, 9.17) is 0 Å². The number of rotatable bonds is 5. The maximum atomic E-state index is 12.6. The lowest BCUT2D eigenvalue weighted by Gasteiger charge is -2.11. The van der Waals surface area contributed by atoms with E-state index in [0.29, 0.717) is 5.16 Å². The van der Waals surface area contributed by atoms with Gasteiger partial charge in [0.15, 0.2) is 5.16 Å². The molecule has 0 radical (unpaired) electrons. The highest BCUT2D eigenvalue weighted by Crippen LogP contribution is 2.31. The number of hydrogen-bond donors (Lipinski definition) is 1. The Bertz CT molecular complexity index is 1110. The van der Waals surface area contributed by atoms with Gasteiger partial charge in [-0.2, -0.15) is 0 Å². The predicted molar refractivity (Wildman–Crippen MR) is 111 cm³/mol. The number of hydrogen-bond acceptors (Lipinski definition) is 4. The monoisotopic (exact) mass is 376 g/mol. The van der Waals surface area contributed by atoms with Crippen LogP contribution in [0.15, 0.2) is 66.1 Å². The molecule has 4 aromatic rings. The lowest BCUT2D eigenvalue weighted by molar-refractivity contribution is -0.115. The second-order valence-electron chi connectivity index (χ2n) is 6.27. The number of nitrogens with zero attached hydrogens (tertiary/aromatic N) is 3. The van der Waals surface area contributed by atoms with Gasteiger partial charge in [0.1, 0.15) is 0 Å². The number of para-hydroxylation sites is 1. The molecule has 0 fully saturated rings. The van der Waals surface area contributed by atoms with Crippen LogP contribution in [0, 0.1) is 0 Å². The number of thioether (sulfide) groups is 1. The molecule has 2 heterocycles. The van der Waals surface area contributed by atoms with E-state index in [9.17, 15) is 4.79 Å². The molecule has 0 bridgehead atoms. The summed E-state index contributed by atoms with van der Waals surface area (Å²) in [6.07, 6.45) is 3.36. The summed E-state index contributed by atoms with van der Waals surface area (Å²) >= 11 is 1.35. The van der Waals surface area contributed by atoms with Gasteiger partial charge in [-0.15, -0.1) is 0 Å². The van der Waals surface area contributed by atoms with Crippen LogP contribution < -0.4 is 5.32 Å².